The van der Waals surface area contributed by atoms with Crippen molar-refractivity contribution in [3.8, 4) is 0 Å². The van der Waals surface area contributed by atoms with Crippen molar-refractivity contribution in [1.82, 2.24) is 10.6 Å². The van der Waals surface area contributed by atoms with Crippen molar-refractivity contribution in [3.63, 3.8) is 0 Å². The van der Waals surface area contributed by atoms with Gasteiger partial charge in [-0.05, 0) is 24.0 Å². The van der Waals surface area contributed by atoms with E-state index in [2.05, 4.69) is 39.9 Å². The molecule has 0 fully saturated rings. The maximum absolute atomic E-state index is 4.12. The van der Waals surface area contributed by atoms with Gasteiger partial charge in [-0.1, -0.05) is 24.3 Å². The molecule has 0 saturated carbocycles. The van der Waals surface area contributed by atoms with Gasteiger partial charge in [0, 0.05) is 26.6 Å². The second-order valence-corrected chi connectivity index (χ2v) is 4.14. The number of guanidine groups is 1. The normalized spacial score (nSPS) is 19.4. The highest BCUT2D eigenvalue weighted by Gasteiger charge is 2.21. The highest BCUT2D eigenvalue weighted by atomic mass is 15.1. The Balaban J connectivity index is 1.98. The maximum Gasteiger partial charge on any atom is 0.190 e. The number of rotatable bonds is 2. The molecule has 2 rings (SSSR count). The minimum atomic E-state index is 0.626. The fourth-order valence-electron chi connectivity index (χ4n) is 2.36. The Morgan fingerprint density at radius 2 is 2.25 bits per heavy atom. The summed E-state index contributed by atoms with van der Waals surface area (Å²) >= 11 is 0. The molecule has 0 aliphatic heterocycles. The van der Waals surface area contributed by atoms with Crippen LogP contribution >= 0.6 is 0 Å². The predicted molar refractivity (Wildman–Crippen MR) is 67.9 cm³/mol. The lowest BCUT2D eigenvalue weighted by atomic mass is 10.0. The first-order chi connectivity index (χ1) is 7.85. The van der Waals surface area contributed by atoms with Crippen molar-refractivity contribution >= 4 is 5.96 Å². The summed E-state index contributed by atoms with van der Waals surface area (Å²) in [6.07, 6.45) is 2.45. The average molecular weight is 217 g/mol. The fourth-order valence-corrected chi connectivity index (χ4v) is 2.36. The van der Waals surface area contributed by atoms with E-state index in [1.54, 1.807) is 7.05 Å². The smallest absolute Gasteiger partial charge is 0.190 e. The molecular formula is C13H19N3. The number of hydrogen-bond donors (Lipinski definition) is 2. The van der Waals surface area contributed by atoms with Gasteiger partial charge in [-0.25, -0.2) is 0 Å². The molecule has 2 N–H and O–H groups in total. The largest absolute Gasteiger partial charge is 0.359 e. The van der Waals surface area contributed by atoms with Gasteiger partial charge in [0.25, 0.3) is 0 Å². The first-order valence-electron chi connectivity index (χ1n) is 5.81. The van der Waals surface area contributed by atoms with Crippen LogP contribution in [0.4, 0.5) is 0 Å². The van der Waals surface area contributed by atoms with Crippen LogP contribution in [0, 0.1) is 0 Å². The van der Waals surface area contributed by atoms with Gasteiger partial charge in [0.15, 0.2) is 5.96 Å². The number of benzene rings is 1. The summed E-state index contributed by atoms with van der Waals surface area (Å²) in [7, 11) is 3.68. The highest BCUT2D eigenvalue weighted by Crippen LogP contribution is 2.31. The Labute approximate surface area is 97.0 Å². The van der Waals surface area contributed by atoms with E-state index in [1.165, 1.54) is 24.0 Å². The van der Waals surface area contributed by atoms with E-state index in [0.29, 0.717) is 5.92 Å². The topological polar surface area (TPSA) is 36.4 Å². The number of aryl methyl sites for hydroxylation is 1. The molecule has 0 heterocycles. The summed E-state index contributed by atoms with van der Waals surface area (Å²) in [6.45, 7) is 0.963. The summed E-state index contributed by atoms with van der Waals surface area (Å²) in [5.74, 6) is 1.49. The van der Waals surface area contributed by atoms with Crippen molar-refractivity contribution in [2.45, 2.75) is 18.8 Å². The Morgan fingerprint density at radius 1 is 1.44 bits per heavy atom. The van der Waals surface area contributed by atoms with Crippen molar-refractivity contribution in [1.29, 1.82) is 0 Å². The molecule has 0 bridgehead atoms. The first-order valence-corrected chi connectivity index (χ1v) is 5.81. The minimum absolute atomic E-state index is 0.626. The van der Waals surface area contributed by atoms with Crippen LogP contribution in [0.15, 0.2) is 29.3 Å². The summed E-state index contributed by atoms with van der Waals surface area (Å²) in [5.41, 5.74) is 3.01. The lowest BCUT2D eigenvalue weighted by Gasteiger charge is -2.14. The number of hydrogen-bond acceptors (Lipinski definition) is 1. The van der Waals surface area contributed by atoms with Crippen LogP contribution in [0.3, 0.4) is 0 Å². The summed E-state index contributed by atoms with van der Waals surface area (Å²) < 4.78 is 0. The molecule has 0 radical (unpaired) electrons. The van der Waals surface area contributed by atoms with Crippen LogP contribution in [0.2, 0.25) is 0 Å². The molecule has 0 amide bonds. The fraction of sp³-hybridized carbons (Fsp3) is 0.462. The zero-order valence-electron chi connectivity index (χ0n) is 9.96. The molecule has 1 aliphatic carbocycles. The van der Waals surface area contributed by atoms with Gasteiger partial charge in [0.1, 0.15) is 0 Å². The van der Waals surface area contributed by atoms with Gasteiger partial charge in [0.05, 0.1) is 0 Å². The number of nitrogens with zero attached hydrogens (tertiary/aromatic N) is 1. The van der Waals surface area contributed by atoms with Crippen LogP contribution in [0.1, 0.15) is 23.5 Å². The quantitative estimate of drug-likeness (QED) is 0.582. The molecule has 16 heavy (non-hydrogen) atoms. The van der Waals surface area contributed by atoms with Crippen LogP contribution in [-0.2, 0) is 6.42 Å². The number of fused-ring (bicyclic) bond motifs is 1. The van der Waals surface area contributed by atoms with Crippen LogP contribution < -0.4 is 10.6 Å². The maximum atomic E-state index is 4.12. The Bertz CT molecular complexity index is 385. The van der Waals surface area contributed by atoms with E-state index in [-0.39, 0.29) is 0 Å². The Hall–Kier alpha value is -1.51. The van der Waals surface area contributed by atoms with Gasteiger partial charge in [-0.15, -0.1) is 0 Å². The molecule has 1 atom stereocenters. The van der Waals surface area contributed by atoms with E-state index in [9.17, 15) is 0 Å². The van der Waals surface area contributed by atoms with E-state index < -0.39 is 0 Å². The molecule has 3 heteroatoms. The third-order valence-electron chi connectivity index (χ3n) is 3.23. The Morgan fingerprint density at radius 3 is 3.00 bits per heavy atom. The molecule has 1 aliphatic rings. The standard InChI is InChI=1S/C13H19N3/c1-14-13(15-2)16-9-11-8-7-10-5-3-4-6-12(10)11/h3-6,11H,7-9H2,1-2H3,(H2,14,15,16)/t11-/m1/s1. The van der Waals surface area contributed by atoms with Gasteiger partial charge < -0.3 is 10.6 Å². The SMILES string of the molecule is CN=C(NC)NC[C@H]1CCc2ccccc21. The van der Waals surface area contributed by atoms with Gasteiger partial charge >= 0.3 is 0 Å². The monoisotopic (exact) mass is 217 g/mol. The molecule has 86 valence electrons. The van der Waals surface area contributed by atoms with E-state index in [0.717, 1.165) is 12.5 Å². The van der Waals surface area contributed by atoms with Crippen molar-refractivity contribution < 1.29 is 0 Å². The van der Waals surface area contributed by atoms with E-state index in [4.69, 9.17) is 0 Å². The second kappa shape index (κ2) is 5.01. The van der Waals surface area contributed by atoms with Crippen LogP contribution in [-0.4, -0.2) is 26.6 Å². The average Bonchev–Trinajstić information content (AvgIpc) is 2.74. The van der Waals surface area contributed by atoms with Crippen LogP contribution in [0.25, 0.3) is 0 Å². The summed E-state index contributed by atoms with van der Waals surface area (Å²) in [4.78, 5) is 4.12. The Kier molecular flexibility index (Phi) is 3.44. The summed E-state index contributed by atoms with van der Waals surface area (Å²) in [5, 5.41) is 6.38. The van der Waals surface area contributed by atoms with Crippen LogP contribution in [0.5, 0.6) is 0 Å². The third-order valence-corrected chi connectivity index (χ3v) is 3.23. The molecule has 1 aromatic carbocycles. The number of aliphatic imine (C=N–C) groups is 1. The van der Waals surface area contributed by atoms with Gasteiger partial charge in [0.2, 0.25) is 0 Å². The first kappa shape index (κ1) is 11.0. The molecule has 0 saturated heterocycles. The molecule has 0 aromatic heterocycles. The molecular weight excluding hydrogens is 198 g/mol. The van der Waals surface area contributed by atoms with Crippen molar-refractivity contribution in [2.24, 2.45) is 4.99 Å². The highest BCUT2D eigenvalue weighted by molar-refractivity contribution is 5.79. The predicted octanol–water partition coefficient (Wildman–Crippen LogP) is 1.51. The lowest BCUT2D eigenvalue weighted by molar-refractivity contribution is 0.646. The zero-order chi connectivity index (χ0) is 11.4. The molecule has 0 unspecified atom stereocenters. The molecule has 3 nitrogen and oxygen atoms in total. The third kappa shape index (κ3) is 2.18. The molecule has 0 spiro atoms. The zero-order valence-corrected chi connectivity index (χ0v) is 9.96. The van der Waals surface area contributed by atoms with Crippen molar-refractivity contribution in [2.75, 3.05) is 20.6 Å². The van der Waals surface area contributed by atoms with Gasteiger partial charge in [-0.2, -0.15) is 0 Å². The van der Waals surface area contributed by atoms with Gasteiger partial charge in [-0.3, -0.25) is 4.99 Å². The number of nitrogens with one attached hydrogen (secondary N) is 2. The second-order valence-electron chi connectivity index (χ2n) is 4.14. The lowest BCUT2D eigenvalue weighted by Crippen LogP contribution is -2.36. The van der Waals surface area contributed by atoms with E-state index >= 15 is 0 Å². The summed E-state index contributed by atoms with van der Waals surface area (Å²) in [6, 6.07) is 8.74. The van der Waals surface area contributed by atoms with Crippen molar-refractivity contribution in [3.05, 3.63) is 35.4 Å². The van der Waals surface area contributed by atoms with E-state index in [1.807, 2.05) is 7.05 Å². The molecule has 1 aromatic rings. The minimum Gasteiger partial charge on any atom is -0.359 e.